The first-order chi connectivity index (χ1) is 9.65. The van der Waals surface area contributed by atoms with Crippen LogP contribution in [0.4, 0.5) is 0 Å². The maximum absolute atomic E-state index is 9.25. The highest BCUT2D eigenvalue weighted by Crippen LogP contribution is 2.28. The fourth-order valence-electron chi connectivity index (χ4n) is 1.79. The van der Waals surface area contributed by atoms with Crippen molar-refractivity contribution >= 4 is 35.0 Å². The fourth-order valence-corrected chi connectivity index (χ4v) is 3.22. The highest BCUT2D eigenvalue weighted by atomic mass is 35.5. The largest absolute Gasteiger partial charge is 0.388 e. The maximum Gasteiger partial charge on any atom is 0.191 e. The second-order valence-electron chi connectivity index (χ2n) is 4.23. The van der Waals surface area contributed by atoms with Gasteiger partial charge >= 0.3 is 0 Å². The summed E-state index contributed by atoms with van der Waals surface area (Å²) in [4.78, 5) is 0. The number of rotatable bonds is 6. The van der Waals surface area contributed by atoms with Crippen molar-refractivity contribution in [2.75, 3.05) is 0 Å². The van der Waals surface area contributed by atoms with Crippen LogP contribution in [0.3, 0.4) is 0 Å². The van der Waals surface area contributed by atoms with E-state index in [9.17, 15) is 5.11 Å². The standard InChI is InChI=1S/C13H15Cl2N3OS/c1-2-5-18-12(7-19)16-17-13(18)20-8-9-6-10(14)3-4-11(9)15/h3-4,6,19H,2,5,7-8H2,1H3. The summed E-state index contributed by atoms with van der Waals surface area (Å²) in [7, 11) is 0. The van der Waals surface area contributed by atoms with Gasteiger partial charge in [-0.1, -0.05) is 41.9 Å². The topological polar surface area (TPSA) is 50.9 Å². The second kappa shape index (κ2) is 7.31. The Morgan fingerprint density at radius 1 is 1.30 bits per heavy atom. The van der Waals surface area contributed by atoms with Gasteiger partial charge in [0.05, 0.1) is 0 Å². The number of thioether (sulfide) groups is 1. The summed E-state index contributed by atoms with van der Waals surface area (Å²) in [6.45, 7) is 2.75. The minimum atomic E-state index is -0.106. The van der Waals surface area contributed by atoms with E-state index in [4.69, 9.17) is 23.2 Å². The summed E-state index contributed by atoms with van der Waals surface area (Å²) in [5.41, 5.74) is 0.959. The summed E-state index contributed by atoms with van der Waals surface area (Å²) < 4.78 is 1.93. The lowest BCUT2D eigenvalue weighted by Gasteiger charge is -2.08. The summed E-state index contributed by atoms with van der Waals surface area (Å²) >= 11 is 13.6. The average molecular weight is 332 g/mol. The normalized spacial score (nSPS) is 11.0. The zero-order valence-electron chi connectivity index (χ0n) is 11.0. The van der Waals surface area contributed by atoms with Gasteiger partial charge in [-0.15, -0.1) is 10.2 Å². The molecular formula is C13H15Cl2N3OS. The predicted octanol–water partition coefficient (Wildman–Crippen LogP) is 3.78. The highest BCUT2D eigenvalue weighted by molar-refractivity contribution is 7.98. The molecule has 2 rings (SSSR count). The minimum Gasteiger partial charge on any atom is -0.388 e. The third kappa shape index (κ3) is 3.67. The second-order valence-corrected chi connectivity index (χ2v) is 6.02. The van der Waals surface area contributed by atoms with E-state index in [0.29, 0.717) is 21.6 Å². The number of halogens is 2. The van der Waals surface area contributed by atoms with E-state index in [2.05, 4.69) is 17.1 Å². The molecule has 7 heteroatoms. The Kier molecular flexibility index (Phi) is 5.72. The van der Waals surface area contributed by atoms with Gasteiger partial charge < -0.3 is 9.67 Å². The lowest BCUT2D eigenvalue weighted by molar-refractivity contribution is 0.263. The van der Waals surface area contributed by atoms with E-state index < -0.39 is 0 Å². The number of benzene rings is 1. The average Bonchev–Trinajstić information content (AvgIpc) is 2.82. The Balaban J connectivity index is 2.14. The number of nitrogens with zero attached hydrogens (tertiary/aromatic N) is 3. The quantitative estimate of drug-likeness (QED) is 0.818. The van der Waals surface area contributed by atoms with Crippen molar-refractivity contribution in [3.8, 4) is 0 Å². The lowest BCUT2D eigenvalue weighted by Crippen LogP contribution is -2.04. The molecular weight excluding hydrogens is 317 g/mol. The SMILES string of the molecule is CCCn1c(CO)nnc1SCc1cc(Cl)ccc1Cl. The van der Waals surface area contributed by atoms with Crippen LogP contribution in [-0.4, -0.2) is 19.9 Å². The molecule has 0 fully saturated rings. The molecule has 1 N–H and O–H groups in total. The van der Waals surface area contributed by atoms with Crippen LogP contribution in [0.15, 0.2) is 23.4 Å². The van der Waals surface area contributed by atoms with Gasteiger partial charge in [-0.25, -0.2) is 0 Å². The van der Waals surface area contributed by atoms with Crippen LogP contribution in [0.5, 0.6) is 0 Å². The molecule has 1 heterocycles. The summed E-state index contributed by atoms with van der Waals surface area (Å²) in [6, 6.07) is 5.40. The Morgan fingerprint density at radius 3 is 2.80 bits per heavy atom. The van der Waals surface area contributed by atoms with E-state index in [-0.39, 0.29) is 6.61 Å². The van der Waals surface area contributed by atoms with Crippen LogP contribution in [0.25, 0.3) is 0 Å². The molecule has 0 radical (unpaired) electrons. The number of hydrogen-bond donors (Lipinski definition) is 1. The fraction of sp³-hybridized carbons (Fsp3) is 0.385. The summed E-state index contributed by atoms with van der Waals surface area (Å²) in [5, 5.41) is 19.5. The molecule has 20 heavy (non-hydrogen) atoms. The smallest absolute Gasteiger partial charge is 0.191 e. The molecule has 0 saturated heterocycles. The monoisotopic (exact) mass is 331 g/mol. The van der Waals surface area contributed by atoms with Crippen LogP contribution in [0.2, 0.25) is 10.0 Å². The molecule has 2 aromatic rings. The van der Waals surface area contributed by atoms with Crippen molar-refractivity contribution in [3.05, 3.63) is 39.6 Å². The van der Waals surface area contributed by atoms with Crippen LogP contribution >= 0.6 is 35.0 Å². The first-order valence-corrected chi connectivity index (χ1v) is 7.99. The molecule has 0 bridgehead atoms. The molecule has 108 valence electrons. The maximum atomic E-state index is 9.25. The van der Waals surface area contributed by atoms with E-state index in [1.807, 2.05) is 10.6 Å². The van der Waals surface area contributed by atoms with E-state index in [1.54, 1.807) is 12.1 Å². The summed E-state index contributed by atoms with van der Waals surface area (Å²) in [6.07, 6.45) is 0.955. The minimum absolute atomic E-state index is 0.106. The van der Waals surface area contributed by atoms with Gasteiger partial charge in [-0.05, 0) is 30.2 Å². The first kappa shape index (κ1) is 15.6. The Morgan fingerprint density at radius 2 is 2.10 bits per heavy atom. The third-order valence-electron chi connectivity index (χ3n) is 2.75. The van der Waals surface area contributed by atoms with E-state index in [1.165, 1.54) is 11.8 Å². The van der Waals surface area contributed by atoms with Crippen LogP contribution in [-0.2, 0) is 18.9 Å². The zero-order valence-corrected chi connectivity index (χ0v) is 13.3. The molecule has 0 atom stereocenters. The zero-order chi connectivity index (χ0) is 14.5. The van der Waals surface area contributed by atoms with Crippen molar-refractivity contribution in [3.63, 3.8) is 0 Å². The number of aliphatic hydroxyl groups is 1. The van der Waals surface area contributed by atoms with E-state index in [0.717, 1.165) is 23.7 Å². The molecule has 0 unspecified atom stereocenters. The van der Waals surface area contributed by atoms with Gasteiger partial charge in [0.2, 0.25) is 0 Å². The molecule has 1 aromatic carbocycles. The van der Waals surface area contributed by atoms with E-state index >= 15 is 0 Å². The first-order valence-electron chi connectivity index (χ1n) is 6.25. The van der Waals surface area contributed by atoms with Gasteiger partial charge in [-0.2, -0.15) is 0 Å². The van der Waals surface area contributed by atoms with Gasteiger partial charge in [0.1, 0.15) is 6.61 Å². The van der Waals surface area contributed by atoms with Crippen LogP contribution in [0.1, 0.15) is 24.7 Å². The van der Waals surface area contributed by atoms with Crippen molar-refractivity contribution < 1.29 is 5.11 Å². The van der Waals surface area contributed by atoms with Crippen LogP contribution in [0, 0.1) is 0 Å². The highest BCUT2D eigenvalue weighted by Gasteiger charge is 2.12. The van der Waals surface area contributed by atoms with Gasteiger partial charge in [0.25, 0.3) is 0 Å². The molecule has 0 aliphatic rings. The molecule has 0 spiro atoms. The summed E-state index contributed by atoms with van der Waals surface area (Å²) in [5.74, 6) is 1.25. The molecule has 4 nitrogen and oxygen atoms in total. The predicted molar refractivity (Wildman–Crippen MR) is 82.3 cm³/mol. The van der Waals surface area contributed by atoms with Crippen molar-refractivity contribution in [2.45, 2.75) is 37.4 Å². The lowest BCUT2D eigenvalue weighted by atomic mass is 10.2. The van der Waals surface area contributed by atoms with Crippen LogP contribution < -0.4 is 0 Å². The van der Waals surface area contributed by atoms with Gasteiger partial charge in [0, 0.05) is 22.3 Å². The molecule has 0 saturated carbocycles. The molecule has 1 aromatic heterocycles. The molecule has 0 aliphatic heterocycles. The Bertz CT molecular complexity index is 589. The van der Waals surface area contributed by atoms with Crippen molar-refractivity contribution in [2.24, 2.45) is 0 Å². The number of aliphatic hydroxyl groups excluding tert-OH is 1. The van der Waals surface area contributed by atoms with Crippen molar-refractivity contribution in [1.29, 1.82) is 0 Å². The third-order valence-corrected chi connectivity index (χ3v) is 4.37. The molecule has 0 amide bonds. The van der Waals surface area contributed by atoms with Gasteiger partial charge in [0.15, 0.2) is 11.0 Å². The molecule has 0 aliphatic carbocycles. The Hall–Kier alpha value is -0.750. The number of aromatic nitrogens is 3. The van der Waals surface area contributed by atoms with Crippen molar-refractivity contribution in [1.82, 2.24) is 14.8 Å². The Labute approximate surface area is 132 Å². The van der Waals surface area contributed by atoms with Gasteiger partial charge in [-0.3, -0.25) is 0 Å². The number of hydrogen-bond acceptors (Lipinski definition) is 4.